The van der Waals surface area contributed by atoms with Crippen LogP contribution in [0.3, 0.4) is 0 Å². The molecule has 8 heteroatoms. The molecule has 23 heavy (non-hydrogen) atoms. The second kappa shape index (κ2) is 5.93. The first kappa shape index (κ1) is 15.9. The van der Waals surface area contributed by atoms with Crippen LogP contribution in [0.1, 0.15) is 19.3 Å². The minimum Gasteiger partial charge on any atom is -0.323 e. The highest BCUT2D eigenvalue weighted by Gasteiger charge is 2.39. The smallest absolute Gasteiger partial charge is 0.245 e. The van der Waals surface area contributed by atoms with E-state index in [0.717, 1.165) is 19.1 Å². The van der Waals surface area contributed by atoms with E-state index >= 15 is 0 Å². The van der Waals surface area contributed by atoms with Gasteiger partial charge in [-0.1, -0.05) is 18.6 Å². The molecule has 3 rings (SSSR count). The molecule has 1 N–H and O–H groups in total. The number of sulfonamides is 1. The average Bonchev–Trinajstić information content (AvgIpc) is 2.52. The molecular weight excluding hydrogens is 318 g/mol. The van der Waals surface area contributed by atoms with Gasteiger partial charge in [0.05, 0.1) is 17.6 Å². The van der Waals surface area contributed by atoms with Crippen LogP contribution in [-0.2, 0) is 19.6 Å². The molecule has 124 valence electrons. The average molecular weight is 337 g/mol. The number of hydrogen-bond donors (Lipinski definition) is 1. The van der Waals surface area contributed by atoms with Crippen molar-refractivity contribution in [3.63, 3.8) is 0 Å². The lowest BCUT2D eigenvalue weighted by Gasteiger charge is -2.37. The maximum atomic E-state index is 13.0. The summed E-state index contributed by atoms with van der Waals surface area (Å²) in [5.41, 5.74) is 1.18. The normalized spacial score (nSPS) is 22.4. The third-order valence-corrected chi connectivity index (χ3v) is 5.49. The molecule has 0 spiro atoms. The van der Waals surface area contributed by atoms with Crippen LogP contribution >= 0.6 is 0 Å². The molecule has 2 amide bonds. The Labute approximate surface area is 135 Å². The van der Waals surface area contributed by atoms with Gasteiger partial charge in [0.15, 0.2) is 0 Å². The van der Waals surface area contributed by atoms with Crippen LogP contribution in [0.15, 0.2) is 24.3 Å². The predicted octanol–water partition coefficient (Wildman–Crippen LogP) is 0.786. The zero-order valence-corrected chi connectivity index (χ0v) is 13.7. The van der Waals surface area contributed by atoms with Crippen molar-refractivity contribution in [2.24, 2.45) is 0 Å². The van der Waals surface area contributed by atoms with E-state index in [1.165, 1.54) is 9.21 Å². The van der Waals surface area contributed by atoms with Crippen molar-refractivity contribution in [1.82, 2.24) is 4.31 Å². The van der Waals surface area contributed by atoms with E-state index in [-0.39, 0.29) is 18.4 Å². The molecule has 0 aromatic heterocycles. The van der Waals surface area contributed by atoms with E-state index in [0.29, 0.717) is 24.3 Å². The van der Waals surface area contributed by atoms with Crippen LogP contribution in [0, 0.1) is 0 Å². The number of amides is 2. The van der Waals surface area contributed by atoms with Crippen molar-refractivity contribution in [3.8, 4) is 0 Å². The van der Waals surface area contributed by atoms with E-state index in [1.807, 2.05) is 0 Å². The van der Waals surface area contributed by atoms with Gasteiger partial charge >= 0.3 is 0 Å². The third kappa shape index (κ3) is 3.09. The Morgan fingerprint density at radius 3 is 2.74 bits per heavy atom. The molecule has 1 aromatic carbocycles. The summed E-state index contributed by atoms with van der Waals surface area (Å²) >= 11 is 0. The number of benzene rings is 1. The fourth-order valence-electron chi connectivity index (χ4n) is 3.16. The summed E-state index contributed by atoms with van der Waals surface area (Å²) in [4.78, 5) is 26.2. The second-order valence-electron chi connectivity index (χ2n) is 5.87. The number of para-hydroxylation sites is 2. The van der Waals surface area contributed by atoms with E-state index in [4.69, 9.17) is 0 Å². The van der Waals surface area contributed by atoms with E-state index in [1.54, 1.807) is 24.3 Å². The Balaban J connectivity index is 1.95. The van der Waals surface area contributed by atoms with Gasteiger partial charge in [-0.3, -0.25) is 14.5 Å². The lowest BCUT2D eigenvalue weighted by molar-refractivity contribution is -0.125. The van der Waals surface area contributed by atoms with Crippen LogP contribution in [0.4, 0.5) is 11.4 Å². The molecule has 0 bridgehead atoms. The summed E-state index contributed by atoms with van der Waals surface area (Å²) in [5.74, 6) is -0.615. The van der Waals surface area contributed by atoms with Gasteiger partial charge in [0.2, 0.25) is 21.8 Å². The fraction of sp³-hybridized carbons (Fsp3) is 0.467. The standard InChI is InChI=1S/C15H19N3O4S/c1-23(21,22)18-9-5-4-8-13(18)15(20)17-10-14(19)16-11-6-2-3-7-12(11)17/h2-3,6-7,13H,4-5,8-10H2,1H3,(H,16,19)/t13-/m1/s1. The highest BCUT2D eigenvalue weighted by molar-refractivity contribution is 7.88. The number of carbonyl (C=O) groups is 2. The van der Waals surface area contributed by atoms with Crippen molar-refractivity contribution in [1.29, 1.82) is 0 Å². The monoisotopic (exact) mass is 337 g/mol. The van der Waals surface area contributed by atoms with Gasteiger partial charge in [-0.05, 0) is 25.0 Å². The minimum atomic E-state index is -3.46. The summed E-state index contributed by atoms with van der Waals surface area (Å²) in [6, 6.07) is 6.29. The number of nitrogens with one attached hydrogen (secondary N) is 1. The molecule has 0 radical (unpaired) electrons. The highest BCUT2D eigenvalue weighted by Crippen LogP contribution is 2.31. The topological polar surface area (TPSA) is 86.8 Å². The molecule has 0 aliphatic carbocycles. The number of rotatable bonds is 2. The molecule has 1 fully saturated rings. The summed E-state index contributed by atoms with van der Waals surface area (Å²) in [5, 5.41) is 2.72. The Kier molecular flexibility index (Phi) is 4.11. The van der Waals surface area contributed by atoms with Crippen molar-refractivity contribution < 1.29 is 18.0 Å². The van der Waals surface area contributed by atoms with Crippen molar-refractivity contribution in [3.05, 3.63) is 24.3 Å². The molecule has 0 saturated carbocycles. The van der Waals surface area contributed by atoms with Gasteiger partial charge < -0.3 is 5.32 Å². The third-order valence-electron chi connectivity index (χ3n) is 4.20. The van der Waals surface area contributed by atoms with Crippen LogP contribution < -0.4 is 10.2 Å². The minimum absolute atomic E-state index is 0.0933. The summed E-state index contributed by atoms with van der Waals surface area (Å²) in [6.07, 6.45) is 3.14. The largest absolute Gasteiger partial charge is 0.323 e. The van der Waals surface area contributed by atoms with Crippen LogP contribution in [0.5, 0.6) is 0 Å². The first-order chi connectivity index (χ1) is 10.9. The van der Waals surface area contributed by atoms with Gasteiger partial charge in [-0.25, -0.2) is 8.42 Å². The number of carbonyl (C=O) groups excluding carboxylic acids is 2. The molecular formula is C15H19N3O4S. The molecule has 7 nitrogen and oxygen atoms in total. The predicted molar refractivity (Wildman–Crippen MR) is 86.6 cm³/mol. The Morgan fingerprint density at radius 1 is 1.26 bits per heavy atom. The van der Waals surface area contributed by atoms with Gasteiger partial charge in [0.25, 0.3) is 0 Å². The van der Waals surface area contributed by atoms with Gasteiger partial charge in [-0.2, -0.15) is 4.31 Å². The maximum Gasteiger partial charge on any atom is 0.245 e. The van der Waals surface area contributed by atoms with Crippen LogP contribution in [0.25, 0.3) is 0 Å². The van der Waals surface area contributed by atoms with Gasteiger partial charge in [-0.15, -0.1) is 0 Å². The quantitative estimate of drug-likeness (QED) is 0.864. The molecule has 2 aliphatic rings. The van der Waals surface area contributed by atoms with E-state index in [2.05, 4.69) is 5.32 Å². The zero-order chi connectivity index (χ0) is 16.6. The number of nitrogens with zero attached hydrogens (tertiary/aromatic N) is 2. The zero-order valence-electron chi connectivity index (χ0n) is 12.9. The molecule has 0 unspecified atom stereocenters. The molecule has 1 atom stereocenters. The SMILES string of the molecule is CS(=O)(=O)N1CCCC[C@@H]1C(=O)N1CC(=O)Nc2ccccc21. The summed E-state index contributed by atoms with van der Waals surface area (Å²) in [6.45, 7) is 0.251. The van der Waals surface area contributed by atoms with E-state index in [9.17, 15) is 18.0 Å². The first-order valence-corrected chi connectivity index (χ1v) is 9.40. The van der Waals surface area contributed by atoms with Crippen molar-refractivity contribution >= 4 is 33.2 Å². The number of hydrogen-bond acceptors (Lipinski definition) is 4. The Morgan fingerprint density at radius 2 is 2.00 bits per heavy atom. The lowest BCUT2D eigenvalue weighted by Crippen LogP contribution is -2.55. The lowest BCUT2D eigenvalue weighted by atomic mass is 10.0. The fourth-order valence-corrected chi connectivity index (χ4v) is 4.28. The summed E-state index contributed by atoms with van der Waals surface area (Å²) in [7, 11) is -3.46. The van der Waals surface area contributed by atoms with Crippen molar-refractivity contribution in [2.75, 3.05) is 29.6 Å². The van der Waals surface area contributed by atoms with Crippen LogP contribution in [-0.4, -0.2) is 49.9 Å². The maximum absolute atomic E-state index is 13.0. The van der Waals surface area contributed by atoms with Crippen molar-refractivity contribution in [2.45, 2.75) is 25.3 Å². The second-order valence-corrected chi connectivity index (χ2v) is 7.81. The van der Waals surface area contributed by atoms with Gasteiger partial charge in [0.1, 0.15) is 12.6 Å². The molecule has 2 aliphatic heterocycles. The van der Waals surface area contributed by atoms with Crippen LogP contribution in [0.2, 0.25) is 0 Å². The highest BCUT2D eigenvalue weighted by atomic mass is 32.2. The summed E-state index contributed by atoms with van der Waals surface area (Å²) < 4.78 is 25.2. The Bertz CT molecular complexity index is 747. The molecule has 2 heterocycles. The van der Waals surface area contributed by atoms with Gasteiger partial charge in [0, 0.05) is 6.54 Å². The Hall–Kier alpha value is -1.93. The number of fused-ring (bicyclic) bond motifs is 1. The van der Waals surface area contributed by atoms with E-state index < -0.39 is 16.1 Å². The molecule has 1 aromatic rings. The number of piperidine rings is 1. The first-order valence-electron chi connectivity index (χ1n) is 7.55. The molecule has 1 saturated heterocycles. The number of anilines is 2.